The lowest BCUT2D eigenvalue weighted by molar-refractivity contribution is -0.152. The van der Waals surface area contributed by atoms with Crippen LogP contribution in [-0.2, 0) is 14.3 Å². The van der Waals surface area contributed by atoms with Crippen molar-refractivity contribution >= 4 is 52.4 Å². The number of amides is 1. The van der Waals surface area contributed by atoms with Gasteiger partial charge in [0.05, 0.1) is 11.4 Å². The van der Waals surface area contributed by atoms with Gasteiger partial charge in [0.2, 0.25) is 0 Å². The van der Waals surface area contributed by atoms with Crippen molar-refractivity contribution in [1.82, 2.24) is 14.8 Å². The molecule has 25 heavy (non-hydrogen) atoms. The van der Waals surface area contributed by atoms with Crippen molar-refractivity contribution in [3.8, 4) is 5.69 Å². The SMILES string of the molecule is C[C@@]1(C(=O)OCC(=O)Nc2cc(Cl)ccc2-n2cncn2)CC1(Cl)Cl. The second-order valence-corrected chi connectivity index (χ2v) is 7.76. The average molecular weight is 404 g/mol. The van der Waals surface area contributed by atoms with Gasteiger partial charge < -0.3 is 10.1 Å². The van der Waals surface area contributed by atoms with E-state index in [0.717, 1.165) is 0 Å². The quantitative estimate of drug-likeness (QED) is 0.613. The summed E-state index contributed by atoms with van der Waals surface area (Å²) in [5.74, 6) is -1.15. The third-order valence-electron chi connectivity index (χ3n) is 3.94. The van der Waals surface area contributed by atoms with Crippen LogP contribution in [0, 0.1) is 5.41 Å². The molecule has 1 saturated carbocycles. The molecule has 1 fully saturated rings. The Bertz CT molecular complexity index is 825. The van der Waals surface area contributed by atoms with E-state index < -0.39 is 28.2 Å². The molecule has 1 N–H and O–H groups in total. The molecule has 10 heteroatoms. The number of hydrogen-bond donors (Lipinski definition) is 1. The van der Waals surface area contributed by atoms with Crippen molar-refractivity contribution in [2.75, 3.05) is 11.9 Å². The number of carbonyl (C=O) groups is 2. The van der Waals surface area contributed by atoms with Crippen LogP contribution in [0.1, 0.15) is 13.3 Å². The maximum absolute atomic E-state index is 12.1. The first-order chi connectivity index (χ1) is 11.7. The Labute approximate surface area is 158 Å². The van der Waals surface area contributed by atoms with Gasteiger partial charge in [0, 0.05) is 11.4 Å². The summed E-state index contributed by atoms with van der Waals surface area (Å²) in [6.07, 6.45) is 3.13. The van der Waals surface area contributed by atoms with E-state index >= 15 is 0 Å². The number of hydrogen-bond acceptors (Lipinski definition) is 5. The molecule has 132 valence electrons. The molecule has 1 aliphatic carbocycles. The fraction of sp³-hybridized carbons (Fsp3) is 0.333. The largest absolute Gasteiger partial charge is 0.455 e. The van der Waals surface area contributed by atoms with Crippen LogP contribution in [0.25, 0.3) is 5.69 Å². The molecular weight excluding hydrogens is 391 g/mol. The zero-order valence-electron chi connectivity index (χ0n) is 13.0. The molecule has 2 aromatic rings. The van der Waals surface area contributed by atoms with Crippen LogP contribution < -0.4 is 5.32 Å². The van der Waals surface area contributed by atoms with E-state index in [1.165, 1.54) is 17.3 Å². The first-order valence-corrected chi connectivity index (χ1v) is 8.36. The Hall–Kier alpha value is -1.83. The van der Waals surface area contributed by atoms with E-state index in [4.69, 9.17) is 39.5 Å². The number of aromatic nitrogens is 3. The maximum Gasteiger partial charge on any atom is 0.315 e. The van der Waals surface area contributed by atoms with E-state index in [0.29, 0.717) is 16.4 Å². The highest BCUT2D eigenvalue weighted by molar-refractivity contribution is 6.53. The molecule has 0 aliphatic heterocycles. The highest BCUT2D eigenvalue weighted by Gasteiger charge is 2.69. The van der Waals surface area contributed by atoms with Crippen LogP contribution >= 0.6 is 34.8 Å². The molecule has 0 spiro atoms. The summed E-state index contributed by atoms with van der Waals surface area (Å²) in [7, 11) is 0. The number of alkyl halides is 2. The first-order valence-electron chi connectivity index (χ1n) is 7.22. The standard InChI is InChI=1S/C15H13Cl3N4O3/c1-14(6-15(14,17)18)13(24)25-5-12(23)21-10-4-9(16)2-3-11(10)22-8-19-7-20-22/h2-4,7-8H,5-6H2,1H3,(H,21,23)/t14-/m0/s1. The Kier molecular flexibility index (Phi) is 4.66. The van der Waals surface area contributed by atoms with E-state index in [2.05, 4.69) is 15.4 Å². The normalized spacial score (nSPS) is 20.8. The fourth-order valence-corrected chi connectivity index (χ4v) is 3.10. The van der Waals surface area contributed by atoms with Crippen molar-refractivity contribution in [2.24, 2.45) is 5.41 Å². The summed E-state index contributed by atoms with van der Waals surface area (Å²) in [5.41, 5.74) is -0.0183. The first kappa shape index (κ1) is 18.0. The second-order valence-electron chi connectivity index (χ2n) is 5.84. The monoisotopic (exact) mass is 402 g/mol. The Morgan fingerprint density at radius 3 is 2.72 bits per heavy atom. The van der Waals surface area contributed by atoms with Crippen LogP contribution in [0.15, 0.2) is 30.9 Å². The summed E-state index contributed by atoms with van der Waals surface area (Å²) in [5, 5.41) is 7.07. The molecule has 1 atom stereocenters. The van der Waals surface area contributed by atoms with Gasteiger partial charge in [0.25, 0.3) is 5.91 Å². The molecule has 0 saturated heterocycles. The summed E-state index contributed by atoms with van der Waals surface area (Å²) >= 11 is 17.8. The molecule has 1 amide bonds. The second kappa shape index (κ2) is 6.48. The van der Waals surface area contributed by atoms with Gasteiger partial charge in [-0.05, 0) is 25.1 Å². The lowest BCUT2D eigenvalue weighted by Gasteiger charge is -2.13. The predicted molar refractivity (Wildman–Crippen MR) is 93.1 cm³/mol. The molecule has 1 heterocycles. The average Bonchev–Trinajstić information content (AvgIpc) is 2.93. The van der Waals surface area contributed by atoms with E-state index in [1.54, 1.807) is 25.1 Å². The Balaban J connectivity index is 1.66. The van der Waals surface area contributed by atoms with Gasteiger partial charge in [-0.1, -0.05) is 11.6 Å². The van der Waals surface area contributed by atoms with Crippen molar-refractivity contribution < 1.29 is 14.3 Å². The van der Waals surface area contributed by atoms with Gasteiger partial charge >= 0.3 is 5.97 Å². The lowest BCUT2D eigenvalue weighted by Crippen LogP contribution is -2.27. The van der Waals surface area contributed by atoms with Crippen LogP contribution in [0.2, 0.25) is 5.02 Å². The summed E-state index contributed by atoms with van der Waals surface area (Å²) in [6.45, 7) is 1.12. The van der Waals surface area contributed by atoms with Crippen LogP contribution in [0.3, 0.4) is 0 Å². The van der Waals surface area contributed by atoms with E-state index in [-0.39, 0.29) is 6.42 Å². The molecule has 1 aromatic heterocycles. The number of halogens is 3. The van der Waals surface area contributed by atoms with Gasteiger partial charge in [0.15, 0.2) is 6.61 Å². The zero-order chi connectivity index (χ0) is 18.2. The van der Waals surface area contributed by atoms with E-state index in [9.17, 15) is 9.59 Å². The molecule has 1 aromatic carbocycles. The maximum atomic E-state index is 12.1. The number of nitrogens with zero attached hydrogens (tertiary/aromatic N) is 3. The minimum Gasteiger partial charge on any atom is -0.455 e. The number of carbonyl (C=O) groups excluding carboxylic acids is 2. The Morgan fingerprint density at radius 2 is 2.12 bits per heavy atom. The van der Waals surface area contributed by atoms with Gasteiger partial charge in [-0.3, -0.25) is 9.59 Å². The van der Waals surface area contributed by atoms with Gasteiger partial charge in [0.1, 0.15) is 22.4 Å². The molecular formula is C15H13Cl3N4O3. The number of esters is 1. The van der Waals surface area contributed by atoms with Gasteiger partial charge in [-0.2, -0.15) is 5.10 Å². The van der Waals surface area contributed by atoms with Crippen LogP contribution in [-0.4, -0.2) is 37.6 Å². The molecule has 7 nitrogen and oxygen atoms in total. The minimum absolute atomic E-state index is 0.286. The number of anilines is 1. The molecule has 3 rings (SSSR count). The van der Waals surface area contributed by atoms with Crippen molar-refractivity contribution in [2.45, 2.75) is 17.7 Å². The van der Waals surface area contributed by atoms with Gasteiger partial charge in [-0.25, -0.2) is 9.67 Å². The Morgan fingerprint density at radius 1 is 1.40 bits per heavy atom. The third kappa shape index (κ3) is 3.58. The van der Waals surface area contributed by atoms with Crippen LogP contribution in [0.5, 0.6) is 0 Å². The minimum atomic E-state index is -1.15. The number of ether oxygens (including phenoxy) is 1. The molecule has 0 unspecified atom stereocenters. The molecule has 1 aliphatic rings. The number of nitrogens with one attached hydrogen (secondary N) is 1. The summed E-state index contributed by atoms with van der Waals surface area (Å²) in [6, 6.07) is 4.89. The number of rotatable bonds is 5. The topological polar surface area (TPSA) is 86.1 Å². The summed E-state index contributed by atoms with van der Waals surface area (Å²) < 4.78 is 5.34. The molecule has 0 radical (unpaired) electrons. The van der Waals surface area contributed by atoms with Crippen molar-refractivity contribution in [1.29, 1.82) is 0 Å². The van der Waals surface area contributed by atoms with Crippen LogP contribution in [0.4, 0.5) is 5.69 Å². The van der Waals surface area contributed by atoms with Crippen molar-refractivity contribution in [3.63, 3.8) is 0 Å². The fourth-order valence-electron chi connectivity index (χ4n) is 2.24. The predicted octanol–water partition coefficient (Wildman–Crippen LogP) is 2.99. The zero-order valence-corrected chi connectivity index (χ0v) is 15.3. The van der Waals surface area contributed by atoms with Crippen molar-refractivity contribution in [3.05, 3.63) is 35.9 Å². The highest BCUT2D eigenvalue weighted by Crippen LogP contribution is 2.64. The number of benzene rings is 1. The lowest BCUT2D eigenvalue weighted by atomic mass is 10.1. The third-order valence-corrected chi connectivity index (χ3v) is 5.28. The smallest absolute Gasteiger partial charge is 0.315 e. The van der Waals surface area contributed by atoms with E-state index in [1.807, 2.05) is 0 Å². The van der Waals surface area contributed by atoms with Gasteiger partial charge in [-0.15, -0.1) is 23.2 Å². The summed E-state index contributed by atoms with van der Waals surface area (Å²) in [4.78, 5) is 28.0. The highest BCUT2D eigenvalue weighted by atomic mass is 35.5. The molecule has 0 bridgehead atoms.